The summed E-state index contributed by atoms with van der Waals surface area (Å²) in [4.78, 5) is 0. The van der Waals surface area contributed by atoms with Crippen molar-refractivity contribution >= 4 is 0 Å². The van der Waals surface area contributed by atoms with E-state index in [1.54, 1.807) is 5.70 Å². The molecule has 2 rings (SSSR count). The van der Waals surface area contributed by atoms with Gasteiger partial charge in [0.15, 0.2) is 0 Å². The molecule has 1 saturated carbocycles. The van der Waals surface area contributed by atoms with E-state index >= 15 is 0 Å². The SMILES string of the molecule is C[C@H]1CC=C(C2CCCCC2)NC1. The van der Waals surface area contributed by atoms with Crippen molar-refractivity contribution in [3.8, 4) is 0 Å². The molecular formula is C12H21N. The van der Waals surface area contributed by atoms with Gasteiger partial charge in [-0.3, -0.25) is 0 Å². The molecule has 0 aromatic carbocycles. The highest BCUT2D eigenvalue weighted by molar-refractivity contribution is 5.09. The zero-order valence-electron chi connectivity index (χ0n) is 8.68. The Hall–Kier alpha value is -0.460. The second-order valence-corrected chi connectivity index (χ2v) is 4.72. The lowest BCUT2D eigenvalue weighted by molar-refractivity contribution is 0.368. The molecule has 1 aliphatic carbocycles. The molecule has 0 unspecified atom stereocenters. The maximum absolute atomic E-state index is 3.60. The Kier molecular flexibility index (Phi) is 2.92. The molecule has 0 saturated heterocycles. The van der Waals surface area contributed by atoms with Crippen LogP contribution in [-0.4, -0.2) is 6.54 Å². The molecule has 74 valence electrons. The zero-order valence-corrected chi connectivity index (χ0v) is 8.68. The molecule has 1 N–H and O–H groups in total. The first-order valence-electron chi connectivity index (χ1n) is 5.80. The molecule has 1 atom stereocenters. The van der Waals surface area contributed by atoms with Crippen LogP contribution < -0.4 is 5.32 Å². The number of hydrogen-bond acceptors (Lipinski definition) is 1. The van der Waals surface area contributed by atoms with Gasteiger partial charge in [0.25, 0.3) is 0 Å². The van der Waals surface area contributed by atoms with Gasteiger partial charge < -0.3 is 5.32 Å². The van der Waals surface area contributed by atoms with Crippen LogP contribution in [0.1, 0.15) is 45.4 Å². The van der Waals surface area contributed by atoms with Crippen molar-refractivity contribution in [1.29, 1.82) is 0 Å². The van der Waals surface area contributed by atoms with Gasteiger partial charge in [0, 0.05) is 12.2 Å². The second kappa shape index (κ2) is 4.17. The van der Waals surface area contributed by atoms with Crippen LogP contribution in [0.3, 0.4) is 0 Å². The van der Waals surface area contributed by atoms with Crippen molar-refractivity contribution in [3.63, 3.8) is 0 Å². The molecule has 0 bridgehead atoms. The van der Waals surface area contributed by atoms with Gasteiger partial charge in [-0.15, -0.1) is 0 Å². The topological polar surface area (TPSA) is 12.0 Å². The molecule has 0 amide bonds. The smallest absolute Gasteiger partial charge is 0.0172 e. The summed E-state index contributed by atoms with van der Waals surface area (Å²) in [6.45, 7) is 3.52. The zero-order chi connectivity index (χ0) is 9.10. The van der Waals surface area contributed by atoms with Crippen LogP contribution in [-0.2, 0) is 0 Å². The predicted molar refractivity (Wildman–Crippen MR) is 56.4 cm³/mol. The number of nitrogens with one attached hydrogen (secondary N) is 1. The summed E-state index contributed by atoms with van der Waals surface area (Å²) < 4.78 is 0. The van der Waals surface area contributed by atoms with E-state index in [4.69, 9.17) is 0 Å². The Morgan fingerprint density at radius 2 is 2.00 bits per heavy atom. The van der Waals surface area contributed by atoms with Crippen molar-refractivity contribution < 1.29 is 0 Å². The molecule has 1 nitrogen and oxygen atoms in total. The number of hydrogen-bond donors (Lipinski definition) is 1. The van der Waals surface area contributed by atoms with E-state index in [2.05, 4.69) is 18.3 Å². The minimum absolute atomic E-state index is 0.840. The Balaban J connectivity index is 1.92. The average Bonchev–Trinajstić information content (AvgIpc) is 2.20. The first-order chi connectivity index (χ1) is 6.36. The first-order valence-corrected chi connectivity index (χ1v) is 5.80. The summed E-state index contributed by atoms with van der Waals surface area (Å²) in [7, 11) is 0. The summed E-state index contributed by atoms with van der Waals surface area (Å²) >= 11 is 0. The van der Waals surface area contributed by atoms with Crippen LogP contribution in [0.25, 0.3) is 0 Å². The molecule has 2 aliphatic rings. The van der Waals surface area contributed by atoms with Crippen LogP contribution in [0.4, 0.5) is 0 Å². The Morgan fingerprint density at radius 1 is 1.23 bits per heavy atom. The van der Waals surface area contributed by atoms with Crippen LogP contribution in [0, 0.1) is 11.8 Å². The largest absolute Gasteiger partial charge is 0.388 e. The van der Waals surface area contributed by atoms with E-state index in [1.807, 2.05) is 0 Å². The minimum atomic E-state index is 0.840. The third-order valence-electron chi connectivity index (χ3n) is 3.44. The summed E-state index contributed by atoms with van der Waals surface area (Å²) in [6, 6.07) is 0. The van der Waals surface area contributed by atoms with E-state index in [1.165, 1.54) is 45.1 Å². The third-order valence-corrected chi connectivity index (χ3v) is 3.44. The molecule has 13 heavy (non-hydrogen) atoms. The predicted octanol–water partition coefficient (Wildman–Crippen LogP) is 3.08. The van der Waals surface area contributed by atoms with Crippen molar-refractivity contribution in [2.45, 2.75) is 45.4 Å². The molecule has 0 radical (unpaired) electrons. The minimum Gasteiger partial charge on any atom is -0.388 e. The third kappa shape index (κ3) is 2.26. The molecule has 0 spiro atoms. The van der Waals surface area contributed by atoms with Gasteiger partial charge in [0.1, 0.15) is 0 Å². The van der Waals surface area contributed by atoms with Crippen molar-refractivity contribution in [2.75, 3.05) is 6.54 Å². The fourth-order valence-electron chi connectivity index (χ4n) is 2.50. The first kappa shape index (κ1) is 9.11. The fraction of sp³-hybridized carbons (Fsp3) is 0.833. The highest BCUT2D eigenvalue weighted by Crippen LogP contribution is 2.30. The van der Waals surface area contributed by atoms with Gasteiger partial charge in [0.05, 0.1) is 0 Å². The fourth-order valence-corrected chi connectivity index (χ4v) is 2.50. The van der Waals surface area contributed by atoms with E-state index in [9.17, 15) is 0 Å². The molecular weight excluding hydrogens is 158 g/mol. The Bertz CT molecular complexity index is 189. The quantitative estimate of drug-likeness (QED) is 0.652. The maximum Gasteiger partial charge on any atom is 0.0172 e. The normalized spacial score (nSPS) is 30.8. The maximum atomic E-state index is 3.60. The van der Waals surface area contributed by atoms with Crippen LogP contribution >= 0.6 is 0 Å². The summed E-state index contributed by atoms with van der Waals surface area (Å²) in [5.74, 6) is 1.72. The number of rotatable bonds is 1. The molecule has 0 aromatic heterocycles. The van der Waals surface area contributed by atoms with E-state index in [0.29, 0.717) is 0 Å². The monoisotopic (exact) mass is 179 g/mol. The van der Waals surface area contributed by atoms with Gasteiger partial charge in [-0.1, -0.05) is 32.3 Å². The Labute approximate surface area is 81.6 Å². The van der Waals surface area contributed by atoms with E-state index in [-0.39, 0.29) is 0 Å². The summed E-state index contributed by atoms with van der Waals surface area (Å²) in [6.07, 6.45) is 10.9. The van der Waals surface area contributed by atoms with Crippen molar-refractivity contribution in [3.05, 3.63) is 11.8 Å². The average molecular weight is 179 g/mol. The van der Waals surface area contributed by atoms with Gasteiger partial charge in [0.2, 0.25) is 0 Å². The highest BCUT2D eigenvalue weighted by Gasteiger charge is 2.20. The lowest BCUT2D eigenvalue weighted by Gasteiger charge is -2.29. The Morgan fingerprint density at radius 3 is 2.62 bits per heavy atom. The van der Waals surface area contributed by atoms with Gasteiger partial charge in [-0.25, -0.2) is 0 Å². The van der Waals surface area contributed by atoms with Crippen LogP contribution in [0.5, 0.6) is 0 Å². The molecule has 1 fully saturated rings. The standard InChI is InChI=1S/C12H21N/c1-10-7-8-12(13-9-10)11-5-3-2-4-6-11/h8,10-11,13H,2-7,9H2,1H3/t10-/m0/s1. The molecule has 1 heteroatoms. The van der Waals surface area contributed by atoms with Gasteiger partial charge >= 0.3 is 0 Å². The van der Waals surface area contributed by atoms with Crippen molar-refractivity contribution in [2.24, 2.45) is 11.8 Å². The summed E-state index contributed by atoms with van der Waals surface area (Å²) in [5.41, 5.74) is 1.57. The molecule has 1 aliphatic heterocycles. The van der Waals surface area contributed by atoms with Crippen LogP contribution in [0.15, 0.2) is 11.8 Å². The van der Waals surface area contributed by atoms with E-state index in [0.717, 1.165) is 11.8 Å². The lowest BCUT2D eigenvalue weighted by Crippen LogP contribution is -2.29. The van der Waals surface area contributed by atoms with Crippen LogP contribution in [0.2, 0.25) is 0 Å². The van der Waals surface area contributed by atoms with Gasteiger partial charge in [-0.2, -0.15) is 0 Å². The number of allylic oxidation sites excluding steroid dienone is 2. The molecule has 1 heterocycles. The van der Waals surface area contributed by atoms with Gasteiger partial charge in [-0.05, 0) is 31.1 Å². The second-order valence-electron chi connectivity index (χ2n) is 4.72. The highest BCUT2D eigenvalue weighted by atomic mass is 14.9. The van der Waals surface area contributed by atoms with Crippen molar-refractivity contribution in [1.82, 2.24) is 5.32 Å². The van der Waals surface area contributed by atoms with E-state index < -0.39 is 0 Å². The summed E-state index contributed by atoms with van der Waals surface area (Å²) in [5, 5.41) is 3.60. The lowest BCUT2D eigenvalue weighted by atomic mass is 9.85. The molecule has 0 aromatic rings.